The summed E-state index contributed by atoms with van der Waals surface area (Å²) in [4.78, 5) is 5.64. The number of nitrogens with one attached hydrogen (secondary N) is 1. The van der Waals surface area contributed by atoms with Crippen molar-refractivity contribution >= 4 is 33.2 Å². The number of thiophene rings is 1. The number of rotatable bonds is 4. The average Bonchev–Trinajstić information content (AvgIpc) is 3.28. The molecule has 6 nitrogen and oxygen atoms in total. The highest BCUT2D eigenvalue weighted by molar-refractivity contribution is 9.11. The Bertz CT molecular complexity index is 894. The lowest BCUT2D eigenvalue weighted by Crippen LogP contribution is -2.27. The van der Waals surface area contributed by atoms with Gasteiger partial charge in [0.2, 0.25) is 5.95 Å². The van der Waals surface area contributed by atoms with E-state index in [1.54, 1.807) is 31.9 Å². The number of anilines is 1. The molecule has 2 unspecified atom stereocenters. The average molecular weight is 421 g/mol. The van der Waals surface area contributed by atoms with Crippen molar-refractivity contribution in [1.82, 2.24) is 14.8 Å². The number of halogens is 1. The van der Waals surface area contributed by atoms with Crippen LogP contribution in [0.1, 0.15) is 28.9 Å². The number of hydrogen-bond acceptors (Lipinski definition) is 6. The summed E-state index contributed by atoms with van der Waals surface area (Å²) in [6.45, 7) is 0. The lowest BCUT2D eigenvalue weighted by atomic mass is 9.96. The molecule has 1 aromatic carbocycles. The van der Waals surface area contributed by atoms with Crippen molar-refractivity contribution in [1.29, 1.82) is 0 Å². The Morgan fingerprint density at radius 2 is 2.04 bits per heavy atom. The van der Waals surface area contributed by atoms with Crippen LogP contribution in [0.15, 0.2) is 40.4 Å². The van der Waals surface area contributed by atoms with Crippen LogP contribution in [0.2, 0.25) is 0 Å². The fourth-order valence-corrected chi connectivity index (χ4v) is 4.65. The molecule has 130 valence electrons. The maximum absolute atomic E-state index is 5.46. The van der Waals surface area contributed by atoms with E-state index in [0.29, 0.717) is 0 Å². The van der Waals surface area contributed by atoms with Crippen LogP contribution >= 0.6 is 27.3 Å². The highest BCUT2D eigenvalue weighted by Gasteiger charge is 2.31. The van der Waals surface area contributed by atoms with Gasteiger partial charge in [0.1, 0.15) is 6.33 Å². The highest BCUT2D eigenvalue weighted by Crippen LogP contribution is 2.41. The first kappa shape index (κ1) is 16.4. The van der Waals surface area contributed by atoms with Gasteiger partial charge in [0, 0.05) is 4.88 Å². The predicted molar refractivity (Wildman–Crippen MR) is 101 cm³/mol. The fraction of sp³-hybridized carbons (Fsp3) is 0.294. The van der Waals surface area contributed by atoms with Crippen LogP contribution in [0.25, 0.3) is 0 Å². The molecular weight excluding hydrogens is 404 g/mol. The van der Waals surface area contributed by atoms with Gasteiger partial charge >= 0.3 is 0 Å². The van der Waals surface area contributed by atoms with E-state index in [2.05, 4.69) is 49.5 Å². The number of benzene rings is 1. The SMILES string of the molecule is COc1ccc(C2CC(c3ccc(Br)s3)Nc3ncnn32)cc1OC. The monoisotopic (exact) mass is 420 g/mol. The van der Waals surface area contributed by atoms with E-state index in [-0.39, 0.29) is 12.1 Å². The first-order chi connectivity index (χ1) is 12.2. The molecule has 1 aliphatic heterocycles. The minimum Gasteiger partial charge on any atom is -0.493 e. The van der Waals surface area contributed by atoms with Gasteiger partial charge in [-0.25, -0.2) is 4.68 Å². The molecule has 0 bridgehead atoms. The summed E-state index contributed by atoms with van der Waals surface area (Å²) >= 11 is 5.28. The van der Waals surface area contributed by atoms with Gasteiger partial charge in [0.15, 0.2) is 11.5 Å². The van der Waals surface area contributed by atoms with Gasteiger partial charge in [-0.3, -0.25) is 0 Å². The standard InChI is InChI=1S/C17H17BrN4O2S/c1-23-13-4-3-10(7-14(13)24-2)12-8-11(15-5-6-16(18)25-15)21-17-19-9-20-22(12)17/h3-7,9,11-12H,8H2,1-2H3,(H,19,20,21). The molecular formula is C17H17BrN4O2S. The smallest absolute Gasteiger partial charge is 0.222 e. The molecule has 8 heteroatoms. The quantitative estimate of drug-likeness (QED) is 0.682. The Labute approximate surface area is 157 Å². The van der Waals surface area contributed by atoms with Gasteiger partial charge < -0.3 is 14.8 Å². The number of methoxy groups -OCH3 is 2. The van der Waals surface area contributed by atoms with E-state index in [1.165, 1.54) is 4.88 Å². The van der Waals surface area contributed by atoms with Crippen LogP contribution in [0, 0.1) is 0 Å². The second-order valence-corrected chi connectivity index (χ2v) is 8.23. The normalized spacial score (nSPS) is 19.2. The van der Waals surface area contributed by atoms with Crippen molar-refractivity contribution in [2.45, 2.75) is 18.5 Å². The maximum Gasteiger partial charge on any atom is 0.222 e. The summed E-state index contributed by atoms with van der Waals surface area (Å²) in [5.74, 6) is 2.22. The third kappa shape index (κ3) is 3.00. The van der Waals surface area contributed by atoms with Crippen molar-refractivity contribution in [2.75, 3.05) is 19.5 Å². The number of aromatic nitrogens is 3. The molecule has 4 rings (SSSR count). The minimum atomic E-state index is 0.0735. The van der Waals surface area contributed by atoms with Gasteiger partial charge in [-0.2, -0.15) is 10.1 Å². The van der Waals surface area contributed by atoms with Crippen LogP contribution in [0.3, 0.4) is 0 Å². The Kier molecular flexibility index (Phi) is 4.39. The zero-order chi connectivity index (χ0) is 17.4. The Balaban J connectivity index is 1.73. The lowest BCUT2D eigenvalue weighted by Gasteiger charge is -2.31. The van der Waals surface area contributed by atoms with Crippen molar-refractivity contribution < 1.29 is 9.47 Å². The van der Waals surface area contributed by atoms with E-state index in [1.807, 2.05) is 16.8 Å². The first-order valence-electron chi connectivity index (χ1n) is 7.83. The molecule has 3 aromatic rings. The van der Waals surface area contributed by atoms with Gasteiger partial charge in [-0.05, 0) is 52.2 Å². The summed E-state index contributed by atoms with van der Waals surface area (Å²) in [5, 5.41) is 7.89. The third-order valence-corrected chi connectivity index (χ3v) is 6.10. The van der Waals surface area contributed by atoms with Gasteiger partial charge in [0.25, 0.3) is 0 Å². The molecule has 2 atom stereocenters. The predicted octanol–water partition coefficient (Wildman–Crippen LogP) is 4.27. The molecule has 1 aliphatic rings. The van der Waals surface area contributed by atoms with Crippen LogP contribution < -0.4 is 14.8 Å². The second-order valence-electron chi connectivity index (χ2n) is 5.73. The molecule has 3 heterocycles. The topological polar surface area (TPSA) is 61.2 Å². The molecule has 0 fully saturated rings. The number of hydrogen-bond donors (Lipinski definition) is 1. The summed E-state index contributed by atoms with van der Waals surface area (Å²) < 4.78 is 13.9. The summed E-state index contributed by atoms with van der Waals surface area (Å²) in [6, 6.07) is 10.5. The van der Waals surface area contributed by atoms with E-state index in [4.69, 9.17) is 9.47 Å². The molecule has 0 amide bonds. The second kappa shape index (κ2) is 6.68. The lowest BCUT2D eigenvalue weighted by molar-refractivity contribution is 0.352. The highest BCUT2D eigenvalue weighted by atomic mass is 79.9. The number of fused-ring (bicyclic) bond motifs is 1. The van der Waals surface area contributed by atoms with E-state index >= 15 is 0 Å². The Morgan fingerprint density at radius 1 is 1.20 bits per heavy atom. The Hall–Kier alpha value is -2.06. The van der Waals surface area contributed by atoms with Crippen molar-refractivity contribution in [2.24, 2.45) is 0 Å². The minimum absolute atomic E-state index is 0.0735. The zero-order valence-corrected chi connectivity index (χ0v) is 16.2. The molecule has 1 N–H and O–H groups in total. The molecule has 0 aliphatic carbocycles. The summed E-state index contributed by atoms with van der Waals surface area (Å²) in [5.41, 5.74) is 1.12. The van der Waals surface area contributed by atoms with Gasteiger partial charge in [-0.15, -0.1) is 11.3 Å². The van der Waals surface area contributed by atoms with Crippen molar-refractivity contribution in [3.05, 3.63) is 50.9 Å². The van der Waals surface area contributed by atoms with Crippen LogP contribution in [-0.4, -0.2) is 29.0 Å². The van der Waals surface area contributed by atoms with E-state index in [0.717, 1.165) is 33.2 Å². The molecule has 0 saturated heterocycles. The zero-order valence-electron chi connectivity index (χ0n) is 13.8. The molecule has 2 aromatic heterocycles. The third-order valence-electron chi connectivity index (χ3n) is 4.36. The van der Waals surface area contributed by atoms with Crippen molar-refractivity contribution in [3.63, 3.8) is 0 Å². The molecule has 0 spiro atoms. The number of nitrogens with zero attached hydrogens (tertiary/aromatic N) is 3. The van der Waals surface area contributed by atoms with Gasteiger partial charge in [-0.1, -0.05) is 6.07 Å². The van der Waals surface area contributed by atoms with E-state index < -0.39 is 0 Å². The van der Waals surface area contributed by atoms with Crippen LogP contribution in [-0.2, 0) is 0 Å². The Morgan fingerprint density at radius 3 is 2.76 bits per heavy atom. The number of ether oxygens (including phenoxy) is 2. The van der Waals surface area contributed by atoms with Crippen LogP contribution in [0.5, 0.6) is 11.5 Å². The fourth-order valence-electron chi connectivity index (χ4n) is 3.16. The molecule has 0 saturated carbocycles. The van der Waals surface area contributed by atoms with Gasteiger partial charge in [0.05, 0.1) is 30.1 Å². The molecule has 0 radical (unpaired) electrons. The van der Waals surface area contributed by atoms with E-state index in [9.17, 15) is 0 Å². The summed E-state index contributed by atoms with van der Waals surface area (Å²) in [7, 11) is 3.29. The van der Waals surface area contributed by atoms with Crippen molar-refractivity contribution in [3.8, 4) is 11.5 Å². The maximum atomic E-state index is 5.46. The molecule has 25 heavy (non-hydrogen) atoms. The summed E-state index contributed by atoms with van der Waals surface area (Å²) in [6.07, 6.45) is 2.46. The first-order valence-corrected chi connectivity index (χ1v) is 9.43. The van der Waals surface area contributed by atoms with Crippen LogP contribution in [0.4, 0.5) is 5.95 Å². The largest absolute Gasteiger partial charge is 0.493 e.